The average molecular weight is 459 g/mol. The van der Waals surface area contributed by atoms with Gasteiger partial charge in [-0.25, -0.2) is 14.8 Å². The first kappa shape index (κ1) is 22.6. The van der Waals surface area contributed by atoms with Crippen LogP contribution in [0, 0.1) is 0 Å². The highest BCUT2D eigenvalue weighted by Crippen LogP contribution is 2.35. The fourth-order valence-corrected chi connectivity index (χ4v) is 3.67. The number of hydrogen-bond donors (Lipinski definition) is 2. The highest BCUT2D eigenvalue weighted by molar-refractivity contribution is 5.74. The van der Waals surface area contributed by atoms with Crippen molar-refractivity contribution in [2.24, 2.45) is 0 Å². The second kappa shape index (κ2) is 9.47. The summed E-state index contributed by atoms with van der Waals surface area (Å²) in [5.74, 6) is 0.249. The monoisotopic (exact) mass is 459 g/mol. The van der Waals surface area contributed by atoms with Gasteiger partial charge in [0.05, 0.1) is 23.1 Å². The number of rotatable bonds is 6. The molecule has 1 aromatic carbocycles. The largest absolute Gasteiger partial charge is 0.416 e. The van der Waals surface area contributed by atoms with Crippen LogP contribution < -0.4 is 10.6 Å². The quantitative estimate of drug-likeness (QED) is 0.570. The molecule has 1 aliphatic rings. The molecule has 0 aliphatic carbocycles. The van der Waals surface area contributed by atoms with Crippen LogP contribution in [-0.2, 0) is 19.3 Å². The lowest BCUT2D eigenvalue weighted by Gasteiger charge is -2.18. The number of aromatic nitrogens is 4. The number of halogens is 3. The van der Waals surface area contributed by atoms with Crippen molar-refractivity contribution in [3.63, 3.8) is 0 Å². The molecule has 1 aliphatic heterocycles. The standard InChI is InChI=1S/C22H24F3N7O/c1-2-32-14-17(13-28-32)29-20-26-8-7-19(30-20)15-5-6-16(18(11-15)22(23,24)25)12-27-21(33)31-9-3-4-10-31/h5-8,11,13-14H,2-4,9-10,12H2,1H3,(H,27,33)(H,26,29,30). The van der Waals surface area contributed by atoms with Crippen molar-refractivity contribution in [3.05, 3.63) is 54.0 Å². The van der Waals surface area contributed by atoms with E-state index in [2.05, 4.69) is 25.7 Å². The van der Waals surface area contributed by atoms with Gasteiger partial charge < -0.3 is 15.5 Å². The Morgan fingerprint density at radius 1 is 1.18 bits per heavy atom. The van der Waals surface area contributed by atoms with Gasteiger partial charge in [0.1, 0.15) is 0 Å². The average Bonchev–Trinajstić information content (AvgIpc) is 3.49. The summed E-state index contributed by atoms with van der Waals surface area (Å²) in [6, 6.07) is 5.20. The van der Waals surface area contributed by atoms with Crippen molar-refractivity contribution in [2.45, 2.75) is 39.0 Å². The molecule has 2 aromatic heterocycles. The van der Waals surface area contributed by atoms with Crippen molar-refractivity contribution in [1.82, 2.24) is 30.0 Å². The molecule has 3 aromatic rings. The smallest absolute Gasteiger partial charge is 0.334 e. The highest BCUT2D eigenvalue weighted by Gasteiger charge is 2.34. The second-order valence-electron chi connectivity index (χ2n) is 7.70. The molecule has 11 heteroatoms. The maximum atomic E-state index is 13.8. The summed E-state index contributed by atoms with van der Waals surface area (Å²) in [5, 5.41) is 9.76. The number of likely N-dealkylation sites (tertiary alicyclic amines) is 1. The van der Waals surface area contributed by atoms with E-state index in [0.29, 0.717) is 36.6 Å². The van der Waals surface area contributed by atoms with Crippen molar-refractivity contribution in [3.8, 4) is 11.3 Å². The molecule has 1 fully saturated rings. The molecule has 174 valence electrons. The Morgan fingerprint density at radius 2 is 1.97 bits per heavy atom. The molecular weight excluding hydrogens is 435 g/mol. The van der Waals surface area contributed by atoms with Crippen LogP contribution in [0.1, 0.15) is 30.9 Å². The van der Waals surface area contributed by atoms with E-state index < -0.39 is 11.7 Å². The molecule has 0 bridgehead atoms. The normalized spacial score (nSPS) is 13.9. The Morgan fingerprint density at radius 3 is 2.67 bits per heavy atom. The van der Waals surface area contributed by atoms with Crippen LogP contribution >= 0.6 is 0 Å². The van der Waals surface area contributed by atoms with Crippen molar-refractivity contribution >= 4 is 17.7 Å². The molecule has 1 saturated heterocycles. The molecule has 3 heterocycles. The summed E-state index contributed by atoms with van der Waals surface area (Å²) in [7, 11) is 0. The number of nitrogens with one attached hydrogen (secondary N) is 2. The minimum Gasteiger partial charge on any atom is -0.334 e. The number of anilines is 2. The Hall–Kier alpha value is -3.63. The molecule has 8 nitrogen and oxygen atoms in total. The number of alkyl halides is 3. The minimum absolute atomic E-state index is 0.00168. The number of amides is 2. The molecule has 0 saturated carbocycles. The molecular formula is C22H24F3N7O. The van der Waals surface area contributed by atoms with Crippen LogP contribution in [0.5, 0.6) is 0 Å². The number of benzene rings is 1. The van der Waals surface area contributed by atoms with Gasteiger partial charge in [0.25, 0.3) is 0 Å². The summed E-state index contributed by atoms with van der Waals surface area (Å²) >= 11 is 0. The number of carbonyl (C=O) groups excluding carboxylic acids is 1. The Bertz CT molecular complexity index is 1120. The molecule has 2 amide bonds. The van der Waals surface area contributed by atoms with Gasteiger partial charge in [-0.05, 0) is 37.5 Å². The molecule has 2 N–H and O–H groups in total. The van der Waals surface area contributed by atoms with Gasteiger partial charge in [-0.1, -0.05) is 12.1 Å². The molecule has 0 radical (unpaired) electrons. The van der Waals surface area contributed by atoms with Gasteiger partial charge in [-0.15, -0.1) is 0 Å². The van der Waals surface area contributed by atoms with E-state index in [1.807, 2.05) is 6.92 Å². The zero-order chi connectivity index (χ0) is 23.4. The van der Waals surface area contributed by atoms with Crippen LogP contribution in [-0.4, -0.2) is 43.8 Å². The summed E-state index contributed by atoms with van der Waals surface area (Å²) in [4.78, 5) is 22.3. The predicted octanol–water partition coefficient (Wildman–Crippen LogP) is 4.43. The second-order valence-corrected chi connectivity index (χ2v) is 7.70. The maximum Gasteiger partial charge on any atom is 0.416 e. The van der Waals surface area contributed by atoms with Crippen LogP contribution in [0.15, 0.2) is 42.9 Å². The van der Waals surface area contributed by atoms with E-state index >= 15 is 0 Å². The fourth-order valence-electron chi connectivity index (χ4n) is 3.67. The third kappa shape index (κ3) is 5.41. The summed E-state index contributed by atoms with van der Waals surface area (Å²) in [6.07, 6.45) is 2.12. The van der Waals surface area contributed by atoms with Crippen LogP contribution in [0.4, 0.5) is 29.6 Å². The van der Waals surface area contributed by atoms with Gasteiger partial charge in [0, 0.05) is 44.1 Å². The lowest BCUT2D eigenvalue weighted by Crippen LogP contribution is -2.37. The molecule has 0 atom stereocenters. The number of carbonyl (C=O) groups is 1. The van der Waals surface area contributed by atoms with Crippen molar-refractivity contribution < 1.29 is 18.0 Å². The van der Waals surface area contributed by atoms with Crippen molar-refractivity contribution in [2.75, 3.05) is 18.4 Å². The number of urea groups is 1. The third-order valence-electron chi connectivity index (χ3n) is 5.40. The first-order chi connectivity index (χ1) is 15.8. The Balaban J connectivity index is 1.54. The third-order valence-corrected chi connectivity index (χ3v) is 5.40. The van der Waals surface area contributed by atoms with E-state index in [4.69, 9.17) is 0 Å². The predicted molar refractivity (Wildman–Crippen MR) is 117 cm³/mol. The van der Waals surface area contributed by atoms with E-state index in [9.17, 15) is 18.0 Å². The summed E-state index contributed by atoms with van der Waals surface area (Å²) in [5.41, 5.74) is 0.506. The van der Waals surface area contributed by atoms with Crippen LogP contribution in [0.2, 0.25) is 0 Å². The van der Waals surface area contributed by atoms with E-state index in [-0.39, 0.29) is 24.1 Å². The van der Waals surface area contributed by atoms with E-state index in [0.717, 1.165) is 18.9 Å². The van der Waals surface area contributed by atoms with E-state index in [1.54, 1.807) is 34.1 Å². The molecule has 4 rings (SSSR count). The van der Waals surface area contributed by atoms with Gasteiger partial charge in [-0.3, -0.25) is 4.68 Å². The SMILES string of the molecule is CCn1cc(Nc2nccc(-c3ccc(CNC(=O)N4CCCC4)c(C(F)(F)F)c3)n2)cn1. The Kier molecular flexibility index (Phi) is 6.47. The number of aryl methyl sites for hydroxylation is 1. The highest BCUT2D eigenvalue weighted by atomic mass is 19.4. The van der Waals surface area contributed by atoms with Gasteiger partial charge in [-0.2, -0.15) is 18.3 Å². The molecule has 33 heavy (non-hydrogen) atoms. The molecule has 0 unspecified atom stereocenters. The molecule has 0 spiro atoms. The summed E-state index contributed by atoms with van der Waals surface area (Å²) < 4.78 is 43.1. The van der Waals surface area contributed by atoms with Crippen LogP contribution in [0.3, 0.4) is 0 Å². The van der Waals surface area contributed by atoms with Crippen LogP contribution in [0.25, 0.3) is 11.3 Å². The topological polar surface area (TPSA) is 88.0 Å². The van der Waals surface area contributed by atoms with Gasteiger partial charge in [0.2, 0.25) is 5.95 Å². The maximum absolute atomic E-state index is 13.8. The zero-order valence-corrected chi connectivity index (χ0v) is 18.1. The first-order valence-corrected chi connectivity index (χ1v) is 10.7. The van der Waals surface area contributed by atoms with Gasteiger partial charge >= 0.3 is 12.2 Å². The number of hydrogen-bond acceptors (Lipinski definition) is 5. The fraction of sp³-hybridized carbons (Fsp3) is 0.364. The first-order valence-electron chi connectivity index (χ1n) is 10.7. The lowest BCUT2D eigenvalue weighted by atomic mass is 10.0. The van der Waals surface area contributed by atoms with Gasteiger partial charge in [0.15, 0.2) is 0 Å². The Labute approximate surface area is 188 Å². The number of nitrogens with zero attached hydrogens (tertiary/aromatic N) is 5. The zero-order valence-electron chi connectivity index (χ0n) is 18.1. The van der Waals surface area contributed by atoms with E-state index in [1.165, 1.54) is 12.3 Å². The summed E-state index contributed by atoms with van der Waals surface area (Å²) in [6.45, 7) is 3.70. The minimum atomic E-state index is -4.58. The van der Waals surface area contributed by atoms with Crippen molar-refractivity contribution in [1.29, 1.82) is 0 Å². The lowest BCUT2D eigenvalue weighted by molar-refractivity contribution is -0.138.